The predicted octanol–water partition coefficient (Wildman–Crippen LogP) is 2.75. The van der Waals surface area contributed by atoms with Crippen LogP contribution in [0.4, 0.5) is 5.95 Å². The first kappa shape index (κ1) is 15.1. The zero-order valence-corrected chi connectivity index (χ0v) is 14.0. The fourth-order valence-electron chi connectivity index (χ4n) is 3.70. The number of nitrogens with zero attached hydrogens (tertiary/aromatic N) is 3. The minimum Gasteiger partial charge on any atom is -0.377 e. The second kappa shape index (κ2) is 5.58. The second-order valence-electron chi connectivity index (χ2n) is 6.89. The van der Waals surface area contributed by atoms with E-state index in [0.717, 1.165) is 43.5 Å². The quantitative estimate of drug-likeness (QED) is 0.676. The minimum absolute atomic E-state index is 0.0498. The van der Waals surface area contributed by atoms with Crippen LogP contribution in [-0.2, 0) is 4.74 Å². The van der Waals surface area contributed by atoms with E-state index in [2.05, 4.69) is 40.0 Å². The summed E-state index contributed by atoms with van der Waals surface area (Å²) in [7, 11) is 0. The Morgan fingerprint density at radius 3 is 2.91 bits per heavy atom. The van der Waals surface area contributed by atoms with Gasteiger partial charge in [0.2, 0.25) is 5.95 Å². The molecule has 2 atom stereocenters. The Kier molecular flexibility index (Phi) is 3.67. The van der Waals surface area contributed by atoms with Crippen molar-refractivity contribution in [3.05, 3.63) is 30.0 Å². The molecule has 1 aromatic carbocycles. The second-order valence-corrected chi connectivity index (χ2v) is 7.39. The molecule has 1 aromatic heterocycles. The summed E-state index contributed by atoms with van der Waals surface area (Å²) in [4.78, 5) is 10.8. The third kappa shape index (κ3) is 2.67. The van der Waals surface area contributed by atoms with Crippen LogP contribution in [-0.4, -0.2) is 45.7 Å². The van der Waals surface area contributed by atoms with Gasteiger partial charge in [0.15, 0.2) is 0 Å². The van der Waals surface area contributed by atoms with E-state index in [4.69, 9.17) is 22.1 Å². The number of likely N-dealkylation sites (tertiary alicyclic amines) is 1. The molecular formula is C17H21ClN4O. The van der Waals surface area contributed by atoms with Crippen molar-refractivity contribution >= 4 is 28.5 Å². The molecule has 3 heterocycles. The topological polar surface area (TPSA) is 64.3 Å². The highest BCUT2D eigenvalue weighted by Gasteiger charge is 2.44. The summed E-state index contributed by atoms with van der Waals surface area (Å²) in [5.74, 6) is 0.775. The molecule has 2 fully saturated rings. The van der Waals surface area contributed by atoms with Crippen molar-refractivity contribution in [3.8, 4) is 0 Å². The molecule has 0 amide bonds. The van der Waals surface area contributed by atoms with Crippen LogP contribution in [0.25, 0.3) is 10.9 Å². The first-order valence-corrected chi connectivity index (χ1v) is 8.49. The monoisotopic (exact) mass is 332 g/mol. The number of rotatable bonds is 2. The van der Waals surface area contributed by atoms with Gasteiger partial charge in [0.05, 0.1) is 29.8 Å². The molecule has 4 rings (SSSR count). The summed E-state index contributed by atoms with van der Waals surface area (Å²) in [6.07, 6.45) is 3.82. The van der Waals surface area contributed by atoms with Crippen molar-refractivity contribution in [2.75, 3.05) is 25.5 Å². The molecule has 0 aliphatic carbocycles. The zero-order chi connectivity index (χ0) is 16.0. The van der Waals surface area contributed by atoms with Gasteiger partial charge in [-0.3, -0.25) is 4.90 Å². The molecule has 2 saturated heterocycles. The van der Waals surface area contributed by atoms with Crippen molar-refractivity contribution < 1.29 is 4.74 Å². The number of hydrogen-bond acceptors (Lipinski definition) is 5. The summed E-state index contributed by atoms with van der Waals surface area (Å²) in [5, 5.41) is 1.02. The zero-order valence-electron chi connectivity index (χ0n) is 13.2. The van der Waals surface area contributed by atoms with E-state index >= 15 is 0 Å². The van der Waals surface area contributed by atoms with Crippen molar-refractivity contribution in [3.63, 3.8) is 0 Å². The van der Waals surface area contributed by atoms with Gasteiger partial charge in [-0.05, 0) is 37.3 Å². The summed E-state index contributed by atoms with van der Waals surface area (Å²) in [5.41, 5.74) is 8.06. The Hall–Kier alpha value is -1.43. The first-order valence-electron chi connectivity index (χ1n) is 8.06. The normalized spacial score (nSPS) is 27.7. The van der Waals surface area contributed by atoms with E-state index in [1.165, 1.54) is 5.56 Å². The number of anilines is 1. The van der Waals surface area contributed by atoms with Gasteiger partial charge < -0.3 is 10.5 Å². The van der Waals surface area contributed by atoms with E-state index in [1.54, 1.807) is 6.20 Å². The molecule has 6 heteroatoms. The van der Waals surface area contributed by atoms with Gasteiger partial charge in [0, 0.05) is 18.1 Å². The van der Waals surface area contributed by atoms with Crippen molar-refractivity contribution in [1.82, 2.24) is 14.9 Å². The van der Waals surface area contributed by atoms with Crippen LogP contribution < -0.4 is 5.73 Å². The Bertz CT molecular complexity index is 734. The lowest BCUT2D eigenvalue weighted by Gasteiger charge is -2.52. The number of ether oxygens (including phenoxy) is 1. The van der Waals surface area contributed by atoms with Crippen LogP contribution in [0.5, 0.6) is 0 Å². The number of aromatic nitrogens is 2. The molecule has 0 radical (unpaired) electrons. The Balaban J connectivity index is 1.55. The van der Waals surface area contributed by atoms with Crippen molar-refractivity contribution in [2.24, 2.45) is 0 Å². The highest BCUT2D eigenvalue weighted by Crippen LogP contribution is 2.39. The van der Waals surface area contributed by atoms with Gasteiger partial charge in [-0.2, -0.15) is 0 Å². The van der Waals surface area contributed by atoms with E-state index in [0.29, 0.717) is 11.9 Å². The fraction of sp³-hybridized carbons (Fsp3) is 0.529. The molecule has 0 saturated carbocycles. The Morgan fingerprint density at radius 1 is 1.39 bits per heavy atom. The lowest BCUT2D eigenvalue weighted by Crippen LogP contribution is -2.63. The third-order valence-corrected chi connectivity index (χ3v) is 5.57. The number of nitrogens with two attached hydrogens (primary N) is 1. The maximum absolute atomic E-state index is 6.69. The predicted molar refractivity (Wildman–Crippen MR) is 91.5 cm³/mol. The van der Waals surface area contributed by atoms with Gasteiger partial charge in [-0.1, -0.05) is 12.1 Å². The van der Waals surface area contributed by atoms with Crippen LogP contribution >= 0.6 is 11.6 Å². The Labute approximate surface area is 140 Å². The maximum Gasteiger partial charge on any atom is 0.220 e. The highest BCUT2D eigenvalue weighted by atomic mass is 35.5. The Morgan fingerprint density at radius 2 is 2.22 bits per heavy atom. The molecular weight excluding hydrogens is 312 g/mol. The SMILES string of the molecule is CC1(N2CCC(c3ccc4cnc(N)nc4c3)CC2Cl)COC1. The molecule has 23 heavy (non-hydrogen) atoms. The molecule has 2 aromatic rings. The first-order chi connectivity index (χ1) is 11.0. The van der Waals surface area contributed by atoms with Gasteiger partial charge in [-0.25, -0.2) is 9.97 Å². The van der Waals surface area contributed by atoms with Gasteiger partial charge in [0.25, 0.3) is 0 Å². The summed E-state index contributed by atoms with van der Waals surface area (Å²) in [6.45, 7) is 4.81. The lowest BCUT2D eigenvalue weighted by molar-refractivity contribution is -0.141. The number of fused-ring (bicyclic) bond motifs is 1. The van der Waals surface area contributed by atoms with Gasteiger partial charge >= 0.3 is 0 Å². The van der Waals surface area contributed by atoms with Crippen molar-refractivity contribution in [2.45, 2.75) is 36.7 Å². The smallest absolute Gasteiger partial charge is 0.220 e. The average Bonchev–Trinajstić information content (AvgIpc) is 2.52. The van der Waals surface area contributed by atoms with E-state index in [9.17, 15) is 0 Å². The summed E-state index contributed by atoms with van der Waals surface area (Å²) >= 11 is 6.69. The number of hydrogen-bond donors (Lipinski definition) is 1. The van der Waals surface area contributed by atoms with Gasteiger partial charge in [0.1, 0.15) is 0 Å². The van der Waals surface area contributed by atoms with Crippen LogP contribution in [0.1, 0.15) is 31.2 Å². The molecule has 122 valence electrons. The molecule has 2 unspecified atom stereocenters. The largest absolute Gasteiger partial charge is 0.377 e. The fourth-order valence-corrected chi connectivity index (χ4v) is 4.25. The van der Waals surface area contributed by atoms with Crippen LogP contribution in [0, 0.1) is 0 Å². The molecule has 5 nitrogen and oxygen atoms in total. The van der Waals surface area contributed by atoms with Crippen LogP contribution in [0.2, 0.25) is 0 Å². The molecule has 2 aliphatic heterocycles. The molecule has 2 N–H and O–H groups in total. The third-order valence-electron chi connectivity index (χ3n) is 5.15. The van der Waals surface area contributed by atoms with E-state index in [1.807, 2.05) is 0 Å². The van der Waals surface area contributed by atoms with E-state index < -0.39 is 0 Å². The number of benzene rings is 1. The molecule has 2 aliphatic rings. The molecule has 0 bridgehead atoms. The maximum atomic E-state index is 6.69. The summed E-state index contributed by atoms with van der Waals surface area (Å²) < 4.78 is 5.38. The minimum atomic E-state index is 0.0498. The van der Waals surface area contributed by atoms with Crippen LogP contribution in [0.3, 0.4) is 0 Å². The molecule has 0 spiro atoms. The summed E-state index contributed by atoms with van der Waals surface area (Å²) in [6, 6.07) is 6.37. The van der Waals surface area contributed by atoms with Crippen LogP contribution in [0.15, 0.2) is 24.4 Å². The highest BCUT2D eigenvalue weighted by molar-refractivity contribution is 6.20. The number of nitrogen functional groups attached to an aromatic ring is 1. The average molecular weight is 333 g/mol. The standard InChI is InChI=1S/C17H21ClN4O/c1-17(9-23-10-17)22-5-4-12(7-15(22)18)11-2-3-13-8-20-16(19)21-14(13)6-11/h2-3,6,8,12,15H,4-5,7,9-10H2,1H3,(H2,19,20,21). The number of halogens is 1. The number of alkyl halides is 1. The van der Waals surface area contributed by atoms with Gasteiger partial charge in [-0.15, -0.1) is 11.6 Å². The number of piperidine rings is 1. The lowest BCUT2D eigenvalue weighted by atomic mass is 9.85. The van der Waals surface area contributed by atoms with E-state index in [-0.39, 0.29) is 11.0 Å². The van der Waals surface area contributed by atoms with Crippen molar-refractivity contribution in [1.29, 1.82) is 0 Å².